The van der Waals surface area contributed by atoms with Crippen LogP contribution in [-0.4, -0.2) is 78.2 Å². The Balaban J connectivity index is 2.16. The summed E-state index contributed by atoms with van der Waals surface area (Å²) in [6.45, 7) is 7.05. The van der Waals surface area contributed by atoms with Crippen LogP contribution in [0.15, 0.2) is 28.0 Å². The van der Waals surface area contributed by atoms with Crippen LogP contribution in [0.4, 0.5) is 0 Å². The van der Waals surface area contributed by atoms with Gasteiger partial charge in [-0.1, -0.05) is 13.8 Å². The lowest BCUT2D eigenvalue weighted by atomic mass is 10.3. The van der Waals surface area contributed by atoms with E-state index in [0.717, 1.165) is 10.6 Å². The van der Waals surface area contributed by atoms with Crippen LogP contribution < -0.4 is 5.56 Å². The van der Waals surface area contributed by atoms with Crippen LogP contribution in [0.25, 0.3) is 0 Å². The van der Waals surface area contributed by atoms with E-state index in [1.165, 1.54) is 23.5 Å². The molecule has 0 aliphatic carbocycles. The summed E-state index contributed by atoms with van der Waals surface area (Å²) in [5, 5.41) is 0. The lowest BCUT2D eigenvalue weighted by Gasteiger charge is -2.34. The molecule has 1 aromatic heterocycles. The van der Waals surface area contributed by atoms with Crippen molar-refractivity contribution in [2.24, 2.45) is 0 Å². The number of amides is 2. The fraction of sp³-hybridized carbons (Fsp3) is 0.588. The number of pyridine rings is 1. The molecule has 10 heteroatoms. The molecule has 0 saturated carbocycles. The zero-order valence-electron chi connectivity index (χ0n) is 15.9. The van der Waals surface area contributed by atoms with Crippen molar-refractivity contribution < 1.29 is 18.0 Å². The first kappa shape index (κ1) is 21.1. The van der Waals surface area contributed by atoms with E-state index < -0.39 is 15.6 Å². The van der Waals surface area contributed by atoms with Crippen molar-refractivity contribution in [3.8, 4) is 0 Å². The van der Waals surface area contributed by atoms with Crippen molar-refractivity contribution in [2.45, 2.75) is 32.2 Å². The van der Waals surface area contributed by atoms with Gasteiger partial charge in [0.05, 0.1) is 4.90 Å². The van der Waals surface area contributed by atoms with Gasteiger partial charge in [0, 0.05) is 58.5 Å². The number of hydrogen-bond donors (Lipinski definition) is 0. The number of hydrogen-bond acceptors (Lipinski definition) is 5. The van der Waals surface area contributed by atoms with E-state index in [1.807, 2.05) is 0 Å². The monoisotopic (exact) mass is 398 g/mol. The molecule has 1 aliphatic rings. The van der Waals surface area contributed by atoms with Crippen molar-refractivity contribution in [3.05, 3.63) is 28.7 Å². The summed E-state index contributed by atoms with van der Waals surface area (Å²) in [6, 6.07) is 2.43. The molecular weight excluding hydrogens is 372 g/mol. The summed E-state index contributed by atoms with van der Waals surface area (Å²) >= 11 is 0. The minimum Gasteiger partial charge on any atom is -0.339 e. The Morgan fingerprint density at radius 2 is 1.59 bits per heavy atom. The quantitative estimate of drug-likeness (QED) is 0.647. The smallest absolute Gasteiger partial charge is 0.251 e. The van der Waals surface area contributed by atoms with Crippen molar-refractivity contribution in [1.82, 2.24) is 18.7 Å². The zero-order chi connectivity index (χ0) is 20.2. The molecule has 0 bridgehead atoms. The second-order valence-corrected chi connectivity index (χ2v) is 8.25. The Morgan fingerprint density at radius 3 is 2.11 bits per heavy atom. The predicted octanol–water partition coefficient (Wildman–Crippen LogP) is -0.430. The topological polar surface area (TPSA) is 100 Å². The van der Waals surface area contributed by atoms with Crippen molar-refractivity contribution in [2.75, 3.05) is 39.3 Å². The lowest BCUT2D eigenvalue weighted by Crippen LogP contribution is -2.51. The van der Waals surface area contributed by atoms with Gasteiger partial charge < -0.3 is 14.4 Å². The summed E-state index contributed by atoms with van der Waals surface area (Å²) < 4.78 is 27.7. The molecule has 1 saturated heterocycles. The average molecular weight is 398 g/mol. The largest absolute Gasteiger partial charge is 0.339 e. The molecule has 27 heavy (non-hydrogen) atoms. The summed E-state index contributed by atoms with van der Waals surface area (Å²) in [4.78, 5) is 39.2. The van der Waals surface area contributed by atoms with Gasteiger partial charge in [0.2, 0.25) is 21.8 Å². The second kappa shape index (κ2) is 8.66. The average Bonchev–Trinajstić information content (AvgIpc) is 2.64. The lowest BCUT2D eigenvalue weighted by molar-refractivity contribution is -0.138. The van der Waals surface area contributed by atoms with E-state index in [9.17, 15) is 22.8 Å². The van der Waals surface area contributed by atoms with Gasteiger partial charge in [-0.3, -0.25) is 14.4 Å². The number of sulfonamides is 1. The van der Waals surface area contributed by atoms with Crippen LogP contribution in [-0.2, 0) is 26.2 Å². The maximum Gasteiger partial charge on any atom is 0.251 e. The second-order valence-electron chi connectivity index (χ2n) is 6.31. The third-order valence-corrected chi connectivity index (χ3v) is 6.72. The van der Waals surface area contributed by atoms with Gasteiger partial charge in [0.15, 0.2) is 0 Å². The van der Waals surface area contributed by atoms with Gasteiger partial charge in [0.1, 0.15) is 6.54 Å². The molecule has 0 N–H and O–H groups in total. The Morgan fingerprint density at radius 1 is 1.04 bits per heavy atom. The fourth-order valence-electron chi connectivity index (χ4n) is 3.01. The predicted molar refractivity (Wildman–Crippen MR) is 99.6 cm³/mol. The van der Waals surface area contributed by atoms with E-state index in [1.54, 1.807) is 23.6 Å². The van der Waals surface area contributed by atoms with Crippen LogP contribution in [0.5, 0.6) is 0 Å². The molecule has 0 atom stereocenters. The van der Waals surface area contributed by atoms with Crippen LogP contribution in [0.2, 0.25) is 0 Å². The number of carbonyl (C=O) groups excluding carboxylic acids is 2. The standard InChI is InChI=1S/C17H26N4O5S/c1-4-21(5-2)27(25,26)15-6-7-16(23)20(12-15)13-17(24)19-10-8-18(9-11-19)14(3)22/h6-7,12H,4-5,8-11,13H2,1-3H3. The first-order valence-electron chi connectivity index (χ1n) is 8.94. The van der Waals surface area contributed by atoms with Gasteiger partial charge in [-0.15, -0.1) is 0 Å². The maximum atomic E-state index is 12.6. The van der Waals surface area contributed by atoms with Gasteiger partial charge >= 0.3 is 0 Å². The van der Waals surface area contributed by atoms with Crippen LogP contribution in [0.3, 0.4) is 0 Å². The number of nitrogens with zero attached hydrogens (tertiary/aromatic N) is 4. The normalized spacial score (nSPS) is 15.3. The zero-order valence-corrected chi connectivity index (χ0v) is 16.7. The Bertz CT molecular complexity index is 852. The van der Waals surface area contributed by atoms with Gasteiger partial charge in [-0.05, 0) is 6.07 Å². The highest BCUT2D eigenvalue weighted by atomic mass is 32.2. The molecule has 0 spiro atoms. The SMILES string of the molecule is CCN(CC)S(=O)(=O)c1ccc(=O)n(CC(=O)N2CCN(C(C)=O)CC2)c1. The van der Waals surface area contributed by atoms with Gasteiger partial charge in [0.25, 0.3) is 5.56 Å². The van der Waals surface area contributed by atoms with Crippen LogP contribution in [0.1, 0.15) is 20.8 Å². The summed E-state index contributed by atoms with van der Waals surface area (Å²) in [6.07, 6.45) is 1.22. The summed E-state index contributed by atoms with van der Waals surface area (Å²) in [7, 11) is -3.71. The third-order valence-electron chi connectivity index (χ3n) is 4.68. The molecule has 0 radical (unpaired) electrons. The molecule has 1 aromatic rings. The Labute approximate surface area is 159 Å². The Kier molecular flexibility index (Phi) is 6.77. The third kappa shape index (κ3) is 4.75. The van der Waals surface area contributed by atoms with Crippen LogP contribution >= 0.6 is 0 Å². The molecule has 0 aromatic carbocycles. The van der Waals surface area contributed by atoms with E-state index in [-0.39, 0.29) is 23.3 Å². The van der Waals surface area contributed by atoms with E-state index in [0.29, 0.717) is 39.3 Å². The molecule has 2 amide bonds. The molecule has 2 heterocycles. The Hall–Kier alpha value is -2.20. The first-order valence-corrected chi connectivity index (χ1v) is 10.4. The first-order chi connectivity index (χ1) is 12.7. The van der Waals surface area contributed by atoms with Crippen LogP contribution in [0, 0.1) is 0 Å². The summed E-state index contributed by atoms with van der Waals surface area (Å²) in [5.74, 6) is -0.315. The van der Waals surface area contributed by atoms with Crippen molar-refractivity contribution >= 4 is 21.8 Å². The fourth-order valence-corrected chi connectivity index (χ4v) is 4.49. The highest BCUT2D eigenvalue weighted by Crippen LogP contribution is 2.14. The minimum absolute atomic E-state index is 0.0139. The molecule has 1 aliphatic heterocycles. The molecule has 150 valence electrons. The maximum absolute atomic E-state index is 12.6. The van der Waals surface area contributed by atoms with Gasteiger partial charge in [-0.25, -0.2) is 8.42 Å². The highest BCUT2D eigenvalue weighted by Gasteiger charge is 2.25. The summed E-state index contributed by atoms with van der Waals surface area (Å²) in [5.41, 5.74) is -0.441. The number of carbonyl (C=O) groups is 2. The number of aromatic nitrogens is 1. The molecule has 2 rings (SSSR count). The van der Waals surface area contributed by atoms with E-state index in [2.05, 4.69) is 0 Å². The molecule has 9 nitrogen and oxygen atoms in total. The molecule has 0 unspecified atom stereocenters. The van der Waals surface area contributed by atoms with Crippen molar-refractivity contribution in [1.29, 1.82) is 0 Å². The van der Waals surface area contributed by atoms with Gasteiger partial charge in [-0.2, -0.15) is 4.31 Å². The van der Waals surface area contributed by atoms with Crippen molar-refractivity contribution in [3.63, 3.8) is 0 Å². The van der Waals surface area contributed by atoms with E-state index >= 15 is 0 Å². The number of rotatable bonds is 6. The molecular formula is C17H26N4O5S. The number of piperazine rings is 1. The molecule has 1 fully saturated rings. The minimum atomic E-state index is -3.71. The highest BCUT2D eigenvalue weighted by molar-refractivity contribution is 7.89. The van der Waals surface area contributed by atoms with E-state index in [4.69, 9.17) is 0 Å².